The molecule has 1 heteroatoms. The van der Waals surface area contributed by atoms with E-state index in [0.29, 0.717) is 0 Å². The third kappa shape index (κ3) is 5.71. The molecule has 0 saturated carbocycles. The highest BCUT2D eigenvalue weighted by molar-refractivity contribution is 5.66. The van der Waals surface area contributed by atoms with Crippen LogP contribution in [0.15, 0.2) is 58.7 Å². The molecule has 0 aromatic heterocycles. The minimum absolute atomic E-state index is 0.290. The van der Waals surface area contributed by atoms with Crippen molar-refractivity contribution in [2.75, 3.05) is 0 Å². The molecule has 0 heterocycles. The second kappa shape index (κ2) is 7.97. The fourth-order valence-corrected chi connectivity index (χ4v) is 2.80. The Labute approximate surface area is 129 Å². The molecule has 0 amide bonds. The van der Waals surface area contributed by atoms with E-state index in [-0.39, 0.29) is 5.41 Å². The monoisotopic (exact) mass is 284 g/mol. The first-order chi connectivity index (χ1) is 9.86. The van der Waals surface area contributed by atoms with Gasteiger partial charge in [-0.3, -0.25) is 4.79 Å². The van der Waals surface area contributed by atoms with Gasteiger partial charge in [0.15, 0.2) is 0 Å². The molecule has 1 nitrogen and oxygen atoms in total. The second-order valence-corrected chi connectivity index (χ2v) is 6.58. The number of hydrogen-bond acceptors (Lipinski definition) is 1. The van der Waals surface area contributed by atoms with E-state index in [1.165, 1.54) is 36.0 Å². The van der Waals surface area contributed by atoms with Crippen LogP contribution in [0.3, 0.4) is 0 Å². The molecule has 0 N–H and O–H groups in total. The number of hydrogen-bond donors (Lipinski definition) is 0. The molecule has 0 aromatic carbocycles. The molecule has 0 unspecified atom stereocenters. The number of carbonyl (C=O) groups is 1. The van der Waals surface area contributed by atoms with Crippen LogP contribution >= 0.6 is 0 Å². The van der Waals surface area contributed by atoms with Gasteiger partial charge in [-0.2, -0.15) is 0 Å². The molecule has 0 atom stereocenters. The highest BCUT2D eigenvalue weighted by Gasteiger charge is 2.26. The molecule has 0 bridgehead atoms. The van der Waals surface area contributed by atoms with Crippen molar-refractivity contribution in [2.24, 2.45) is 5.41 Å². The fourth-order valence-electron chi connectivity index (χ4n) is 2.80. The van der Waals surface area contributed by atoms with E-state index in [2.05, 4.69) is 45.9 Å². The van der Waals surface area contributed by atoms with Crippen LogP contribution in [0.2, 0.25) is 0 Å². The van der Waals surface area contributed by atoms with E-state index < -0.39 is 0 Å². The summed E-state index contributed by atoms with van der Waals surface area (Å²) in [4.78, 5) is 10.3. The molecule has 21 heavy (non-hydrogen) atoms. The van der Waals surface area contributed by atoms with Crippen molar-refractivity contribution in [1.29, 1.82) is 0 Å². The molecular weight excluding hydrogens is 256 g/mol. The molecule has 0 radical (unpaired) electrons. The van der Waals surface area contributed by atoms with Gasteiger partial charge in [0.2, 0.25) is 0 Å². The van der Waals surface area contributed by atoms with Gasteiger partial charge in [-0.15, -0.1) is 0 Å². The van der Waals surface area contributed by atoms with Crippen molar-refractivity contribution in [2.45, 2.75) is 53.9 Å². The van der Waals surface area contributed by atoms with Gasteiger partial charge in [-0.25, -0.2) is 0 Å². The van der Waals surface area contributed by atoms with Gasteiger partial charge in [0.25, 0.3) is 0 Å². The summed E-state index contributed by atoms with van der Waals surface area (Å²) in [5.41, 5.74) is 5.48. The molecule has 1 aliphatic rings. The fraction of sp³-hybridized carbons (Fsp3) is 0.450. The smallest absolute Gasteiger partial charge is 0.143 e. The summed E-state index contributed by atoms with van der Waals surface area (Å²) < 4.78 is 0. The molecule has 0 spiro atoms. The maximum Gasteiger partial charge on any atom is 0.143 e. The van der Waals surface area contributed by atoms with E-state index in [1.54, 1.807) is 6.08 Å². The van der Waals surface area contributed by atoms with Crippen molar-refractivity contribution < 1.29 is 4.79 Å². The minimum atomic E-state index is 0.290. The lowest BCUT2D eigenvalue weighted by molar-refractivity contribution is -0.104. The van der Waals surface area contributed by atoms with Gasteiger partial charge in [0.1, 0.15) is 6.29 Å². The van der Waals surface area contributed by atoms with Gasteiger partial charge < -0.3 is 0 Å². The lowest BCUT2D eigenvalue weighted by Crippen LogP contribution is -2.19. The van der Waals surface area contributed by atoms with E-state index in [4.69, 9.17) is 0 Å². The van der Waals surface area contributed by atoms with Crippen molar-refractivity contribution in [3.63, 3.8) is 0 Å². The van der Waals surface area contributed by atoms with Crippen molar-refractivity contribution >= 4 is 6.29 Å². The lowest BCUT2D eigenvalue weighted by atomic mass is 9.72. The van der Waals surface area contributed by atoms with Crippen molar-refractivity contribution in [1.82, 2.24) is 0 Å². The van der Waals surface area contributed by atoms with E-state index in [1.807, 2.05) is 19.1 Å². The molecule has 0 aliphatic heterocycles. The van der Waals surface area contributed by atoms with Gasteiger partial charge in [-0.05, 0) is 62.7 Å². The maximum absolute atomic E-state index is 10.3. The highest BCUT2D eigenvalue weighted by Crippen LogP contribution is 2.40. The third-order valence-electron chi connectivity index (χ3n) is 4.10. The summed E-state index contributed by atoms with van der Waals surface area (Å²) in [6.45, 7) is 10.9. The van der Waals surface area contributed by atoms with Gasteiger partial charge in [0, 0.05) is 0 Å². The Morgan fingerprint density at radius 3 is 2.38 bits per heavy atom. The molecular formula is C20H28O. The van der Waals surface area contributed by atoms with Crippen LogP contribution in [-0.2, 0) is 4.79 Å². The number of carbonyl (C=O) groups excluding carboxylic acids is 1. The first kappa shape index (κ1) is 17.4. The quantitative estimate of drug-likeness (QED) is 0.358. The standard InChI is InChI=1S/C20H28O/c1-16(8-6-9-17(2)13-15-21)11-12-19-18(3)10-7-14-20(19,4)5/h6,8-9,11-13,15H,7,10,14H2,1-5H3/b9-6-,12-11?,16-8?,17-13?. The van der Waals surface area contributed by atoms with E-state index in [0.717, 1.165) is 11.9 Å². The van der Waals surface area contributed by atoms with E-state index >= 15 is 0 Å². The Morgan fingerprint density at radius 2 is 1.76 bits per heavy atom. The number of rotatable bonds is 5. The Balaban J connectivity index is 2.80. The van der Waals surface area contributed by atoms with Crippen LogP contribution < -0.4 is 0 Å². The van der Waals surface area contributed by atoms with Crippen molar-refractivity contribution in [3.05, 3.63) is 58.7 Å². The Morgan fingerprint density at radius 1 is 1.10 bits per heavy atom. The zero-order chi connectivity index (χ0) is 15.9. The van der Waals surface area contributed by atoms with Crippen LogP contribution in [0.5, 0.6) is 0 Å². The summed E-state index contributed by atoms with van der Waals surface area (Å²) >= 11 is 0. The summed E-state index contributed by atoms with van der Waals surface area (Å²) in [6, 6.07) is 0. The molecule has 0 fully saturated rings. The summed E-state index contributed by atoms with van der Waals surface area (Å²) in [5, 5.41) is 0. The predicted molar refractivity (Wildman–Crippen MR) is 92.2 cm³/mol. The topological polar surface area (TPSA) is 17.1 Å². The van der Waals surface area contributed by atoms with Gasteiger partial charge in [0.05, 0.1) is 0 Å². The van der Waals surface area contributed by atoms with Crippen LogP contribution in [-0.4, -0.2) is 6.29 Å². The Kier molecular flexibility index (Phi) is 6.61. The van der Waals surface area contributed by atoms with E-state index in [9.17, 15) is 4.79 Å². The SMILES string of the molecule is CC(C=CC1=C(C)CCCC1(C)C)=C/C=C\C(C)=CC=O. The zero-order valence-electron chi connectivity index (χ0n) is 14.1. The minimum Gasteiger partial charge on any atom is -0.299 e. The second-order valence-electron chi connectivity index (χ2n) is 6.58. The van der Waals surface area contributed by atoms with Crippen LogP contribution in [0.25, 0.3) is 0 Å². The largest absolute Gasteiger partial charge is 0.299 e. The average Bonchev–Trinajstić information content (AvgIpc) is 2.37. The average molecular weight is 284 g/mol. The van der Waals surface area contributed by atoms with Crippen molar-refractivity contribution in [3.8, 4) is 0 Å². The molecule has 1 aliphatic carbocycles. The highest BCUT2D eigenvalue weighted by atomic mass is 16.1. The van der Waals surface area contributed by atoms with Gasteiger partial charge >= 0.3 is 0 Å². The number of allylic oxidation sites excluding steroid dienone is 10. The molecule has 0 aromatic rings. The first-order valence-corrected chi connectivity index (χ1v) is 7.72. The summed E-state index contributed by atoms with van der Waals surface area (Å²) in [7, 11) is 0. The summed E-state index contributed by atoms with van der Waals surface area (Å²) in [5.74, 6) is 0. The van der Waals surface area contributed by atoms with Crippen LogP contribution in [0.4, 0.5) is 0 Å². The Hall–Kier alpha value is -1.63. The Bertz CT molecular complexity index is 522. The maximum atomic E-state index is 10.3. The predicted octanol–water partition coefficient (Wildman–Crippen LogP) is 5.72. The zero-order valence-corrected chi connectivity index (χ0v) is 14.1. The third-order valence-corrected chi connectivity index (χ3v) is 4.10. The normalized spacial score (nSPS) is 20.6. The molecule has 114 valence electrons. The summed E-state index contributed by atoms with van der Waals surface area (Å²) in [6.07, 6.45) is 16.6. The van der Waals surface area contributed by atoms with Crippen LogP contribution in [0, 0.1) is 5.41 Å². The lowest BCUT2D eigenvalue weighted by Gasteiger charge is -2.32. The molecule has 0 saturated heterocycles. The molecule has 1 rings (SSSR count). The van der Waals surface area contributed by atoms with Gasteiger partial charge in [-0.1, -0.05) is 55.4 Å². The number of aldehydes is 1. The van der Waals surface area contributed by atoms with Crippen LogP contribution in [0.1, 0.15) is 53.9 Å². The first-order valence-electron chi connectivity index (χ1n) is 7.72.